The first-order valence-electron chi connectivity index (χ1n) is 9.27. The molecule has 0 radical (unpaired) electrons. The number of fused-ring (bicyclic) bond motifs is 1. The van der Waals surface area contributed by atoms with Gasteiger partial charge in [-0.2, -0.15) is 0 Å². The molecular weight excluding hydrogens is 350 g/mol. The minimum atomic E-state index is -0.360. The maximum Gasteiger partial charge on any atom is 0.267 e. The SMILES string of the molecule is CCCNC(=O)/C(=C/c1c[nH]c2ccccc12)NC(=O)/C=C/c1ccccc1. The lowest BCUT2D eigenvalue weighted by Gasteiger charge is -2.09. The zero-order chi connectivity index (χ0) is 19.8. The Hall–Kier alpha value is -3.60. The molecule has 3 aromatic rings. The second-order valence-corrected chi connectivity index (χ2v) is 6.34. The second-order valence-electron chi connectivity index (χ2n) is 6.34. The van der Waals surface area contributed by atoms with E-state index in [4.69, 9.17) is 0 Å². The molecule has 0 aliphatic carbocycles. The van der Waals surface area contributed by atoms with E-state index < -0.39 is 0 Å². The topological polar surface area (TPSA) is 74.0 Å². The summed E-state index contributed by atoms with van der Waals surface area (Å²) in [5.74, 6) is -0.671. The maximum absolute atomic E-state index is 12.5. The number of H-pyrrole nitrogens is 1. The second kappa shape index (κ2) is 9.37. The van der Waals surface area contributed by atoms with Gasteiger partial charge < -0.3 is 15.6 Å². The van der Waals surface area contributed by atoms with Gasteiger partial charge >= 0.3 is 0 Å². The van der Waals surface area contributed by atoms with Crippen molar-refractivity contribution in [1.29, 1.82) is 0 Å². The van der Waals surface area contributed by atoms with Crippen molar-refractivity contribution < 1.29 is 9.59 Å². The zero-order valence-corrected chi connectivity index (χ0v) is 15.7. The van der Waals surface area contributed by atoms with Crippen LogP contribution in [0.1, 0.15) is 24.5 Å². The number of aromatic amines is 1. The predicted octanol–water partition coefficient (Wildman–Crippen LogP) is 3.86. The molecule has 0 spiro atoms. The van der Waals surface area contributed by atoms with Crippen LogP contribution >= 0.6 is 0 Å². The number of nitrogens with one attached hydrogen (secondary N) is 3. The van der Waals surface area contributed by atoms with Crippen molar-refractivity contribution in [3.05, 3.63) is 83.7 Å². The molecule has 0 unspecified atom stereocenters. The van der Waals surface area contributed by atoms with Crippen LogP contribution in [-0.4, -0.2) is 23.3 Å². The Morgan fingerprint density at radius 2 is 1.79 bits per heavy atom. The highest BCUT2D eigenvalue weighted by Gasteiger charge is 2.12. The first kappa shape index (κ1) is 19.2. The molecular formula is C23H23N3O2. The van der Waals surface area contributed by atoms with Gasteiger partial charge in [0, 0.05) is 35.3 Å². The monoisotopic (exact) mass is 373 g/mol. The predicted molar refractivity (Wildman–Crippen MR) is 113 cm³/mol. The molecule has 0 saturated carbocycles. The summed E-state index contributed by atoms with van der Waals surface area (Å²) in [6.07, 6.45) is 7.46. The van der Waals surface area contributed by atoms with Crippen LogP contribution in [0.2, 0.25) is 0 Å². The summed E-state index contributed by atoms with van der Waals surface area (Å²) < 4.78 is 0. The zero-order valence-electron chi connectivity index (χ0n) is 15.7. The highest BCUT2D eigenvalue weighted by molar-refractivity contribution is 6.05. The molecule has 5 nitrogen and oxygen atoms in total. The van der Waals surface area contributed by atoms with Crippen molar-refractivity contribution in [2.75, 3.05) is 6.54 Å². The fourth-order valence-corrected chi connectivity index (χ4v) is 2.77. The number of hydrogen-bond donors (Lipinski definition) is 3. The Kier molecular flexibility index (Phi) is 6.41. The van der Waals surface area contributed by atoms with E-state index in [-0.39, 0.29) is 17.5 Å². The number of benzene rings is 2. The van der Waals surface area contributed by atoms with E-state index in [1.807, 2.05) is 67.7 Å². The van der Waals surface area contributed by atoms with Crippen LogP contribution in [0.15, 0.2) is 72.6 Å². The Morgan fingerprint density at radius 1 is 1.04 bits per heavy atom. The highest BCUT2D eigenvalue weighted by Crippen LogP contribution is 2.20. The van der Waals surface area contributed by atoms with Crippen LogP contribution in [0, 0.1) is 0 Å². The molecule has 3 N–H and O–H groups in total. The molecule has 1 aromatic heterocycles. The number of carbonyl (C=O) groups excluding carboxylic acids is 2. The van der Waals surface area contributed by atoms with E-state index in [0.29, 0.717) is 6.54 Å². The molecule has 2 amide bonds. The fourth-order valence-electron chi connectivity index (χ4n) is 2.77. The average molecular weight is 373 g/mol. The average Bonchev–Trinajstić information content (AvgIpc) is 3.13. The van der Waals surface area contributed by atoms with E-state index in [9.17, 15) is 9.59 Å². The van der Waals surface area contributed by atoms with Gasteiger partial charge in [0.15, 0.2) is 0 Å². The molecule has 3 rings (SSSR count). The maximum atomic E-state index is 12.5. The summed E-state index contributed by atoms with van der Waals surface area (Å²) in [6.45, 7) is 2.52. The van der Waals surface area contributed by atoms with Crippen LogP contribution < -0.4 is 10.6 Å². The number of carbonyl (C=O) groups is 2. The van der Waals surface area contributed by atoms with Crippen molar-refractivity contribution in [1.82, 2.24) is 15.6 Å². The van der Waals surface area contributed by atoms with Crippen molar-refractivity contribution in [2.45, 2.75) is 13.3 Å². The number of rotatable bonds is 7. The molecule has 0 fully saturated rings. The van der Waals surface area contributed by atoms with E-state index in [1.165, 1.54) is 6.08 Å². The van der Waals surface area contributed by atoms with Gasteiger partial charge in [0.1, 0.15) is 5.70 Å². The van der Waals surface area contributed by atoms with Crippen molar-refractivity contribution in [3.63, 3.8) is 0 Å². The van der Waals surface area contributed by atoms with Crippen molar-refractivity contribution in [3.8, 4) is 0 Å². The molecule has 28 heavy (non-hydrogen) atoms. The lowest BCUT2D eigenvalue weighted by Crippen LogP contribution is -2.34. The molecule has 0 aliphatic heterocycles. The summed E-state index contributed by atoms with van der Waals surface area (Å²) >= 11 is 0. The van der Waals surface area contributed by atoms with Gasteiger partial charge in [-0.1, -0.05) is 55.5 Å². The first-order valence-corrected chi connectivity index (χ1v) is 9.27. The van der Waals surface area contributed by atoms with Crippen LogP contribution in [0.25, 0.3) is 23.1 Å². The van der Waals surface area contributed by atoms with Crippen molar-refractivity contribution in [2.24, 2.45) is 0 Å². The van der Waals surface area contributed by atoms with Gasteiger partial charge in [-0.3, -0.25) is 9.59 Å². The van der Waals surface area contributed by atoms with Gasteiger partial charge in [0.2, 0.25) is 5.91 Å². The molecule has 2 aromatic carbocycles. The summed E-state index contributed by atoms with van der Waals surface area (Å²) in [7, 11) is 0. The van der Waals surface area contributed by atoms with Crippen LogP contribution in [0.5, 0.6) is 0 Å². The van der Waals surface area contributed by atoms with Crippen molar-refractivity contribution >= 4 is 34.9 Å². The molecule has 1 heterocycles. The third-order valence-electron chi connectivity index (χ3n) is 4.19. The van der Waals surface area contributed by atoms with Gasteiger partial charge in [-0.25, -0.2) is 0 Å². The standard InChI is InChI=1S/C23H23N3O2/c1-2-14-24-23(28)21(15-18-16-25-20-11-7-6-10-19(18)20)26-22(27)13-12-17-8-4-3-5-9-17/h3-13,15-16,25H,2,14H2,1H3,(H,24,28)(H,26,27)/b13-12+,21-15-. The smallest absolute Gasteiger partial charge is 0.267 e. The Morgan fingerprint density at radius 3 is 2.57 bits per heavy atom. The Bertz CT molecular complexity index is 1020. The number of aromatic nitrogens is 1. The Labute approximate surface area is 164 Å². The minimum Gasteiger partial charge on any atom is -0.361 e. The fraction of sp³-hybridized carbons (Fsp3) is 0.130. The summed E-state index contributed by atoms with van der Waals surface area (Å²) in [4.78, 5) is 28.1. The number of hydrogen-bond acceptors (Lipinski definition) is 2. The third kappa shape index (κ3) is 4.98. The van der Waals surface area contributed by atoms with E-state index in [1.54, 1.807) is 12.2 Å². The van der Waals surface area contributed by atoms with E-state index in [0.717, 1.165) is 28.5 Å². The molecule has 142 valence electrons. The van der Waals surface area contributed by atoms with Crippen LogP contribution in [0.4, 0.5) is 0 Å². The van der Waals surface area contributed by atoms with E-state index in [2.05, 4.69) is 15.6 Å². The number of para-hydroxylation sites is 1. The van der Waals surface area contributed by atoms with Gasteiger partial charge in [-0.15, -0.1) is 0 Å². The first-order chi connectivity index (χ1) is 13.7. The lowest BCUT2D eigenvalue weighted by molar-refractivity contribution is -0.121. The number of amides is 2. The van der Waals surface area contributed by atoms with Gasteiger partial charge in [-0.05, 0) is 30.2 Å². The Balaban J connectivity index is 1.83. The normalized spacial score (nSPS) is 11.7. The largest absolute Gasteiger partial charge is 0.361 e. The molecule has 0 bridgehead atoms. The van der Waals surface area contributed by atoms with Crippen LogP contribution in [0.3, 0.4) is 0 Å². The highest BCUT2D eigenvalue weighted by atomic mass is 16.2. The lowest BCUT2D eigenvalue weighted by atomic mass is 10.1. The van der Waals surface area contributed by atoms with Gasteiger partial charge in [0.25, 0.3) is 5.91 Å². The molecule has 0 saturated heterocycles. The molecule has 0 aliphatic rings. The summed E-state index contributed by atoms with van der Waals surface area (Å²) in [5, 5.41) is 6.51. The summed E-state index contributed by atoms with van der Waals surface area (Å²) in [6, 6.07) is 17.3. The third-order valence-corrected chi connectivity index (χ3v) is 4.19. The van der Waals surface area contributed by atoms with E-state index >= 15 is 0 Å². The minimum absolute atomic E-state index is 0.209. The van der Waals surface area contributed by atoms with Crippen LogP contribution in [-0.2, 0) is 9.59 Å². The quantitative estimate of drug-likeness (QED) is 0.550. The summed E-state index contributed by atoms with van der Waals surface area (Å²) in [5.41, 5.74) is 2.93. The van der Waals surface area contributed by atoms with Gasteiger partial charge in [0.05, 0.1) is 0 Å². The molecule has 0 atom stereocenters. The molecule has 5 heteroatoms.